The second-order valence-electron chi connectivity index (χ2n) is 5.04. The van der Waals surface area contributed by atoms with Gasteiger partial charge in [-0.2, -0.15) is 0 Å². The fraction of sp³-hybridized carbons (Fsp3) is 0.235. The van der Waals surface area contributed by atoms with E-state index < -0.39 is 5.97 Å². The fourth-order valence-corrected chi connectivity index (χ4v) is 2.29. The third-order valence-electron chi connectivity index (χ3n) is 3.29. The Labute approximate surface area is 133 Å². The highest BCUT2D eigenvalue weighted by Crippen LogP contribution is 2.41. The van der Waals surface area contributed by atoms with Crippen LogP contribution in [0.3, 0.4) is 0 Å². The van der Waals surface area contributed by atoms with Crippen molar-refractivity contribution in [2.24, 2.45) is 0 Å². The van der Waals surface area contributed by atoms with Crippen LogP contribution in [0, 0.1) is 13.8 Å². The number of rotatable bonds is 4. The lowest BCUT2D eigenvalue weighted by Gasteiger charge is -2.14. The van der Waals surface area contributed by atoms with Crippen LogP contribution in [0.1, 0.15) is 21.5 Å². The molecule has 0 fully saturated rings. The first-order chi connectivity index (χ1) is 10.9. The minimum Gasteiger partial charge on any atom is -0.507 e. The van der Waals surface area contributed by atoms with Gasteiger partial charge in [-0.1, -0.05) is 0 Å². The molecule has 0 unspecified atom stereocenters. The molecule has 0 aliphatic rings. The van der Waals surface area contributed by atoms with Crippen molar-refractivity contribution in [1.29, 1.82) is 0 Å². The molecule has 0 saturated heterocycles. The molecule has 0 aliphatic heterocycles. The number of carbonyl (C=O) groups is 1. The molecule has 0 aromatic heterocycles. The van der Waals surface area contributed by atoms with E-state index in [0.717, 1.165) is 5.56 Å². The smallest absolute Gasteiger partial charge is 0.341 e. The summed E-state index contributed by atoms with van der Waals surface area (Å²) in [4.78, 5) is 11.6. The third-order valence-corrected chi connectivity index (χ3v) is 3.29. The lowest BCUT2D eigenvalue weighted by molar-refractivity contribution is 0.0596. The third kappa shape index (κ3) is 3.31. The molecule has 0 spiro atoms. The van der Waals surface area contributed by atoms with Crippen LogP contribution in [0.5, 0.6) is 28.7 Å². The molecule has 2 N–H and O–H groups in total. The lowest BCUT2D eigenvalue weighted by atomic mass is 10.1. The van der Waals surface area contributed by atoms with Crippen molar-refractivity contribution >= 4 is 5.97 Å². The maximum Gasteiger partial charge on any atom is 0.341 e. The summed E-state index contributed by atoms with van der Waals surface area (Å²) in [5.74, 6) is -0.134. The Morgan fingerprint density at radius 2 is 1.70 bits per heavy atom. The number of aromatic hydroxyl groups is 2. The summed E-state index contributed by atoms with van der Waals surface area (Å²) >= 11 is 0. The Kier molecular flexibility index (Phi) is 4.64. The van der Waals surface area contributed by atoms with E-state index in [1.54, 1.807) is 32.0 Å². The first-order valence-electron chi connectivity index (χ1n) is 6.84. The first kappa shape index (κ1) is 16.5. The van der Waals surface area contributed by atoms with Gasteiger partial charge in [0, 0.05) is 6.07 Å². The molecule has 0 bridgehead atoms. The van der Waals surface area contributed by atoms with Gasteiger partial charge in [0.2, 0.25) is 5.75 Å². The molecular weight excluding hydrogens is 300 g/mol. The van der Waals surface area contributed by atoms with Crippen LogP contribution in [0.2, 0.25) is 0 Å². The topological polar surface area (TPSA) is 85.2 Å². The van der Waals surface area contributed by atoms with Crippen molar-refractivity contribution in [3.63, 3.8) is 0 Å². The van der Waals surface area contributed by atoms with Gasteiger partial charge in [-0.3, -0.25) is 0 Å². The van der Waals surface area contributed by atoms with E-state index in [1.165, 1.54) is 20.3 Å². The molecule has 2 aromatic carbocycles. The number of benzene rings is 2. The average molecular weight is 318 g/mol. The zero-order chi connectivity index (χ0) is 17.1. The van der Waals surface area contributed by atoms with Crippen LogP contribution in [0.4, 0.5) is 0 Å². The van der Waals surface area contributed by atoms with E-state index in [1.807, 2.05) is 0 Å². The Hall–Kier alpha value is -2.89. The quantitative estimate of drug-likeness (QED) is 0.841. The van der Waals surface area contributed by atoms with Crippen LogP contribution >= 0.6 is 0 Å². The van der Waals surface area contributed by atoms with E-state index in [2.05, 4.69) is 4.74 Å². The van der Waals surface area contributed by atoms with Gasteiger partial charge in [0.05, 0.1) is 14.2 Å². The largest absolute Gasteiger partial charge is 0.507 e. The molecule has 122 valence electrons. The average Bonchev–Trinajstić information content (AvgIpc) is 2.45. The van der Waals surface area contributed by atoms with E-state index in [4.69, 9.17) is 9.47 Å². The number of aryl methyl sites for hydroxylation is 2. The molecule has 0 radical (unpaired) electrons. The SMILES string of the molecule is COC(=O)c1c(C)cc(Oc2cc(C)cc(O)c2OC)cc1O. The number of hydrogen-bond acceptors (Lipinski definition) is 6. The van der Waals surface area contributed by atoms with E-state index in [-0.39, 0.29) is 22.8 Å². The number of phenols is 2. The first-order valence-corrected chi connectivity index (χ1v) is 6.84. The fourth-order valence-electron chi connectivity index (χ4n) is 2.29. The summed E-state index contributed by atoms with van der Waals surface area (Å²) in [6.07, 6.45) is 0. The summed E-state index contributed by atoms with van der Waals surface area (Å²) in [7, 11) is 2.66. The minimum atomic E-state index is -0.627. The van der Waals surface area contributed by atoms with E-state index in [9.17, 15) is 15.0 Å². The summed E-state index contributed by atoms with van der Waals surface area (Å²) in [6, 6.07) is 6.14. The van der Waals surface area contributed by atoms with Crippen LogP contribution in [-0.2, 0) is 4.74 Å². The highest BCUT2D eigenvalue weighted by molar-refractivity contribution is 5.94. The van der Waals surface area contributed by atoms with Gasteiger partial charge in [0.1, 0.15) is 17.1 Å². The molecule has 2 aromatic rings. The van der Waals surface area contributed by atoms with Gasteiger partial charge in [-0.25, -0.2) is 4.79 Å². The Morgan fingerprint density at radius 1 is 1.00 bits per heavy atom. The van der Waals surface area contributed by atoms with Crippen molar-refractivity contribution in [2.75, 3.05) is 14.2 Å². The monoisotopic (exact) mass is 318 g/mol. The second-order valence-corrected chi connectivity index (χ2v) is 5.04. The highest BCUT2D eigenvalue weighted by Gasteiger charge is 2.18. The van der Waals surface area contributed by atoms with E-state index in [0.29, 0.717) is 17.1 Å². The molecule has 6 nitrogen and oxygen atoms in total. The molecule has 23 heavy (non-hydrogen) atoms. The van der Waals surface area contributed by atoms with Crippen molar-refractivity contribution < 1.29 is 29.2 Å². The standard InChI is InChI=1S/C17H18O6/c1-9-5-13(19)16(21-3)14(6-9)23-11-7-10(2)15(12(18)8-11)17(20)22-4/h5-8,18-19H,1-4H3. The number of esters is 1. The zero-order valence-electron chi connectivity index (χ0n) is 13.3. The maximum absolute atomic E-state index is 11.6. The molecule has 0 amide bonds. The van der Waals surface area contributed by atoms with Crippen LogP contribution in [0.25, 0.3) is 0 Å². The predicted molar refractivity (Wildman–Crippen MR) is 83.7 cm³/mol. The molecule has 0 saturated carbocycles. The summed E-state index contributed by atoms with van der Waals surface area (Å²) < 4.78 is 15.5. The number of hydrogen-bond donors (Lipinski definition) is 2. The Bertz CT molecular complexity index is 728. The van der Waals surface area contributed by atoms with Crippen molar-refractivity contribution in [1.82, 2.24) is 0 Å². The van der Waals surface area contributed by atoms with Gasteiger partial charge in [-0.05, 0) is 43.2 Å². The molecule has 0 heterocycles. The van der Waals surface area contributed by atoms with Gasteiger partial charge >= 0.3 is 5.97 Å². The molecular formula is C17H18O6. The maximum atomic E-state index is 11.6. The van der Waals surface area contributed by atoms with Crippen molar-refractivity contribution in [3.8, 4) is 28.7 Å². The second kappa shape index (κ2) is 6.48. The van der Waals surface area contributed by atoms with Crippen LogP contribution < -0.4 is 9.47 Å². The Morgan fingerprint density at radius 3 is 2.26 bits per heavy atom. The highest BCUT2D eigenvalue weighted by atomic mass is 16.5. The predicted octanol–water partition coefficient (Wildman–Crippen LogP) is 3.30. The summed E-state index contributed by atoms with van der Waals surface area (Å²) in [5.41, 5.74) is 1.37. The Balaban J connectivity index is 2.44. The van der Waals surface area contributed by atoms with Gasteiger partial charge in [0.15, 0.2) is 11.5 Å². The normalized spacial score (nSPS) is 10.3. The van der Waals surface area contributed by atoms with Crippen LogP contribution in [-0.4, -0.2) is 30.4 Å². The molecule has 6 heteroatoms. The number of ether oxygens (including phenoxy) is 3. The summed E-state index contributed by atoms with van der Waals surface area (Å²) in [6.45, 7) is 3.46. The van der Waals surface area contributed by atoms with Crippen molar-refractivity contribution in [2.45, 2.75) is 13.8 Å². The van der Waals surface area contributed by atoms with Gasteiger partial charge in [0.25, 0.3) is 0 Å². The zero-order valence-corrected chi connectivity index (χ0v) is 13.3. The minimum absolute atomic E-state index is 0.0466. The lowest BCUT2D eigenvalue weighted by Crippen LogP contribution is -2.04. The number of carbonyl (C=O) groups excluding carboxylic acids is 1. The van der Waals surface area contributed by atoms with Gasteiger partial charge < -0.3 is 24.4 Å². The molecule has 0 aliphatic carbocycles. The molecule has 2 rings (SSSR count). The number of methoxy groups -OCH3 is 2. The van der Waals surface area contributed by atoms with Crippen molar-refractivity contribution in [3.05, 3.63) is 41.0 Å². The van der Waals surface area contributed by atoms with Crippen LogP contribution in [0.15, 0.2) is 24.3 Å². The number of phenolic OH excluding ortho intramolecular Hbond substituents is 2. The van der Waals surface area contributed by atoms with E-state index >= 15 is 0 Å². The molecule has 0 atom stereocenters. The van der Waals surface area contributed by atoms with Gasteiger partial charge in [-0.15, -0.1) is 0 Å². The summed E-state index contributed by atoms with van der Waals surface area (Å²) in [5, 5.41) is 19.9.